The second kappa shape index (κ2) is 8.16. The molecule has 4 rings (SSSR count). The van der Waals surface area contributed by atoms with Crippen molar-refractivity contribution in [2.75, 3.05) is 5.32 Å². The number of nitrogens with zero attached hydrogens (tertiary/aromatic N) is 4. The molecule has 0 aliphatic carbocycles. The Labute approximate surface area is 189 Å². The van der Waals surface area contributed by atoms with Crippen molar-refractivity contribution in [2.45, 2.75) is 40.0 Å². The van der Waals surface area contributed by atoms with Gasteiger partial charge in [-0.25, -0.2) is 9.97 Å². The van der Waals surface area contributed by atoms with Gasteiger partial charge < -0.3 is 15.6 Å². The normalized spacial score (nSPS) is 12.3. The summed E-state index contributed by atoms with van der Waals surface area (Å²) in [5.74, 6) is 1.01. The third-order valence-electron chi connectivity index (χ3n) is 4.88. The molecule has 0 saturated carbocycles. The summed E-state index contributed by atoms with van der Waals surface area (Å²) in [4.78, 5) is 26.7. The van der Waals surface area contributed by atoms with E-state index < -0.39 is 5.91 Å². The molecule has 3 heterocycles. The van der Waals surface area contributed by atoms with Crippen LogP contribution in [-0.4, -0.2) is 26.0 Å². The summed E-state index contributed by atoms with van der Waals surface area (Å²) in [6.45, 7) is 10.0. The molecule has 9 heteroatoms. The van der Waals surface area contributed by atoms with Gasteiger partial charge in [-0.05, 0) is 29.9 Å². The van der Waals surface area contributed by atoms with Gasteiger partial charge in [-0.1, -0.05) is 38.1 Å². The fourth-order valence-electron chi connectivity index (χ4n) is 3.43. The van der Waals surface area contributed by atoms with Crippen LogP contribution in [0.1, 0.15) is 42.2 Å². The van der Waals surface area contributed by atoms with Gasteiger partial charge >= 0.3 is 0 Å². The zero-order chi connectivity index (χ0) is 23.0. The van der Waals surface area contributed by atoms with E-state index in [1.807, 2.05) is 31.2 Å². The molecule has 0 aliphatic heterocycles. The minimum Gasteiger partial charge on any atom is -0.365 e. The molecular weight excluding hydrogens is 424 g/mol. The smallest absolute Gasteiger partial charge is 0.253 e. The van der Waals surface area contributed by atoms with E-state index >= 15 is 0 Å². The lowest BCUT2D eigenvalue weighted by molar-refractivity contribution is -0.112. The molecule has 0 atom stereocenters. The van der Waals surface area contributed by atoms with E-state index in [1.54, 1.807) is 19.3 Å². The molecule has 0 saturated heterocycles. The monoisotopic (exact) mass is 448 g/mol. The molecule has 164 valence electrons. The number of nitrogens with one attached hydrogen (secondary N) is 1. The molecule has 0 fully saturated rings. The quantitative estimate of drug-likeness (QED) is 0.428. The predicted molar refractivity (Wildman–Crippen MR) is 126 cm³/mol. The summed E-state index contributed by atoms with van der Waals surface area (Å²) in [7, 11) is 0. The Morgan fingerprint density at radius 2 is 1.97 bits per heavy atom. The van der Waals surface area contributed by atoms with E-state index in [-0.39, 0.29) is 5.41 Å². The van der Waals surface area contributed by atoms with Crippen molar-refractivity contribution in [3.8, 4) is 11.4 Å². The van der Waals surface area contributed by atoms with Crippen molar-refractivity contribution in [2.24, 2.45) is 5.73 Å². The fourth-order valence-corrected chi connectivity index (χ4v) is 4.57. The number of thiazole rings is 1. The standard InChI is InChI=1S/C23H24N6O2S/c1-12-18(23(3,4)5)32-22(27-12)17(19(24)30)11-26-21-16-10-15(20-28-13(2)31-29-20)7-6-14(16)8-9-25-21/h6-11H,1-5H3,(H2,24,30)(H,25,26). The van der Waals surface area contributed by atoms with Crippen molar-refractivity contribution in [3.05, 3.63) is 58.1 Å². The second-order valence-corrected chi connectivity index (χ2v) is 9.48. The number of anilines is 1. The van der Waals surface area contributed by atoms with Gasteiger partial charge in [0.25, 0.3) is 5.91 Å². The van der Waals surface area contributed by atoms with Crippen LogP contribution >= 0.6 is 11.3 Å². The van der Waals surface area contributed by atoms with Crippen molar-refractivity contribution >= 4 is 39.4 Å². The molecule has 0 bridgehead atoms. The molecule has 8 nitrogen and oxygen atoms in total. The van der Waals surface area contributed by atoms with Gasteiger partial charge in [0.2, 0.25) is 11.7 Å². The van der Waals surface area contributed by atoms with Crippen LogP contribution in [0.2, 0.25) is 0 Å². The summed E-state index contributed by atoms with van der Waals surface area (Å²) in [6, 6.07) is 7.72. The first-order valence-corrected chi connectivity index (χ1v) is 10.9. The Bertz CT molecular complexity index is 1350. The van der Waals surface area contributed by atoms with Crippen molar-refractivity contribution in [3.63, 3.8) is 0 Å². The van der Waals surface area contributed by atoms with Gasteiger partial charge in [-0.3, -0.25) is 4.79 Å². The number of benzene rings is 1. The van der Waals surface area contributed by atoms with Crippen LogP contribution in [0.3, 0.4) is 0 Å². The van der Waals surface area contributed by atoms with E-state index in [2.05, 4.69) is 46.2 Å². The van der Waals surface area contributed by atoms with Crippen molar-refractivity contribution in [1.29, 1.82) is 0 Å². The van der Waals surface area contributed by atoms with Crippen LogP contribution in [0.15, 0.2) is 41.2 Å². The van der Waals surface area contributed by atoms with Crippen molar-refractivity contribution < 1.29 is 9.32 Å². The van der Waals surface area contributed by atoms with Gasteiger partial charge in [0, 0.05) is 35.1 Å². The molecule has 3 N–H and O–H groups in total. The van der Waals surface area contributed by atoms with Crippen LogP contribution in [0.5, 0.6) is 0 Å². The summed E-state index contributed by atoms with van der Waals surface area (Å²) in [6.07, 6.45) is 3.27. The molecule has 0 spiro atoms. The first-order valence-electron chi connectivity index (χ1n) is 10.1. The maximum atomic E-state index is 12.2. The molecule has 1 amide bonds. The number of pyridine rings is 1. The number of rotatable bonds is 5. The Balaban J connectivity index is 1.73. The Hall–Kier alpha value is -3.59. The lowest BCUT2D eigenvalue weighted by Crippen LogP contribution is -2.14. The highest BCUT2D eigenvalue weighted by atomic mass is 32.1. The number of carbonyl (C=O) groups excluding carboxylic acids is 1. The average molecular weight is 449 g/mol. The Kier molecular flexibility index (Phi) is 5.52. The highest BCUT2D eigenvalue weighted by Crippen LogP contribution is 2.34. The lowest BCUT2D eigenvalue weighted by Gasteiger charge is -2.16. The highest BCUT2D eigenvalue weighted by molar-refractivity contribution is 7.13. The second-order valence-electron chi connectivity index (χ2n) is 8.48. The number of carbonyl (C=O) groups is 1. The first kappa shape index (κ1) is 21.6. The first-order chi connectivity index (χ1) is 15.1. The van der Waals surface area contributed by atoms with Crippen molar-refractivity contribution in [1.82, 2.24) is 20.1 Å². The zero-order valence-corrected chi connectivity index (χ0v) is 19.4. The number of amides is 1. The van der Waals surface area contributed by atoms with E-state index in [0.29, 0.717) is 28.1 Å². The van der Waals surface area contributed by atoms with E-state index in [4.69, 9.17) is 10.3 Å². The molecule has 4 aromatic rings. The molecule has 3 aromatic heterocycles. The van der Waals surface area contributed by atoms with Crippen LogP contribution in [-0.2, 0) is 10.2 Å². The van der Waals surface area contributed by atoms with Crippen LogP contribution in [0.4, 0.5) is 5.82 Å². The van der Waals surface area contributed by atoms with Gasteiger partial charge in [0.05, 0.1) is 11.3 Å². The maximum Gasteiger partial charge on any atom is 0.253 e. The Morgan fingerprint density at radius 3 is 2.59 bits per heavy atom. The molecule has 0 radical (unpaired) electrons. The molecule has 32 heavy (non-hydrogen) atoms. The highest BCUT2D eigenvalue weighted by Gasteiger charge is 2.23. The predicted octanol–water partition coefficient (Wildman–Crippen LogP) is 4.59. The van der Waals surface area contributed by atoms with Crippen LogP contribution in [0, 0.1) is 13.8 Å². The minimum atomic E-state index is -0.560. The fraction of sp³-hybridized carbons (Fsp3) is 0.261. The van der Waals surface area contributed by atoms with Crippen LogP contribution < -0.4 is 11.1 Å². The molecule has 0 aliphatic rings. The molecular formula is C23H24N6O2S. The topological polar surface area (TPSA) is 120 Å². The molecule has 0 unspecified atom stereocenters. The van der Waals surface area contributed by atoms with Gasteiger partial charge in [0.1, 0.15) is 10.8 Å². The van der Waals surface area contributed by atoms with Gasteiger partial charge in [-0.15, -0.1) is 11.3 Å². The maximum absolute atomic E-state index is 12.2. The number of fused-ring (bicyclic) bond motifs is 1. The number of aromatic nitrogens is 4. The summed E-state index contributed by atoms with van der Waals surface area (Å²) < 4.78 is 5.09. The third-order valence-corrected chi connectivity index (χ3v) is 6.50. The third kappa shape index (κ3) is 4.24. The SMILES string of the molecule is Cc1nc(-c2ccc3ccnc(NC=C(C(N)=O)c4nc(C)c(C(C)(C)C)s4)c3c2)no1. The van der Waals surface area contributed by atoms with E-state index in [9.17, 15) is 4.79 Å². The van der Waals surface area contributed by atoms with Gasteiger partial charge in [-0.2, -0.15) is 4.98 Å². The largest absolute Gasteiger partial charge is 0.365 e. The van der Waals surface area contributed by atoms with Gasteiger partial charge in [0.15, 0.2) is 0 Å². The number of hydrogen-bond donors (Lipinski definition) is 2. The summed E-state index contributed by atoms with van der Waals surface area (Å²) >= 11 is 1.48. The number of primary amides is 1. The average Bonchev–Trinajstić information content (AvgIpc) is 3.33. The lowest BCUT2D eigenvalue weighted by atomic mass is 9.93. The number of aryl methyl sites for hydroxylation is 2. The van der Waals surface area contributed by atoms with E-state index in [1.165, 1.54) is 11.3 Å². The Morgan fingerprint density at radius 1 is 1.19 bits per heavy atom. The summed E-state index contributed by atoms with van der Waals surface area (Å²) in [5, 5.41) is 9.53. The number of nitrogens with two attached hydrogens (primary N) is 1. The zero-order valence-electron chi connectivity index (χ0n) is 18.6. The minimum absolute atomic E-state index is 0.0721. The number of hydrogen-bond acceptors (Lipinski definition) is 8. The summed E-state index contributed by atoms with van der Waals surface area (Å²) in [5.41, 5.74) is 7.62. The van der Waals surface area contributed by atoms with E-state index in [0.717, 1.165) is 26.9 Å². The molecule has 1 aromatic carbocycles. The van der Waals surface area contributed by atoms with Crippen LogP contribution in [0.25, 0.3) is 27.7 Å².